The van der Waals surface area contributed by atoms with Crippen LogP contribution in [-0.2, 0) is 9.53 Å². The summed E-state index contributed by atoms with van der Waals surface area (Å²) in [6.07, 6.45) is 7.23. The summed E-state index contributed by atoms with van der Waals surface area (Å²) in [6, 6.07) is 0. The van der Waals surface area contributed by atoms with Crippen molar-refractivity contribution in [1.82, 2.24) is 0 Å². The van der Waals surface area contributed by atoms with E-state index in [1.165, 1.54) is 19.3 Å². The Morgan fingerprint density at radius 2 is 1.94 bits per heavy atom. The van der Waals surface area contributed by atoms with Crippen LogP contribution in [0, 0.1) is 5.92 Å². The Kier molecular flexibility index (Phi) is 11.0. The van der Waals surface area contributed by atoms with Gasteiger partial charge in [0, 0.05) is 11.2 Å². The molecule has 2 unspecified atom stereocenters. The van der Waals surface area contributed by atoms with Crippen LogP contribution < -0.4 is 0 Å². The van der Waals surface area contributed by atoms with Crippen LogP contribution in [0.5, 0.6) is 0 Å². The van der Waals surface area contributed by atoms with Crippen LogP contribution in [0.15, 0.2) is 0 Å². The van der Waals surface area contributed by atoms with E-state index in [-0.39, 0.29) is 5.97 Å². The number of alkyl halides is 1. The van der Waals surface area contributed by atoms with Crippen molar-refractivity contribution in [2.45, 2.75) is 70.5 Å². The van der Waals surface area contributed by atoms with E-state index in [0.717, 1.165) is 19.3 Å². The number of esters is 1. The van der Waals surface area contributed by atoms with Gasteiger partial charge in [-0.05, 0) is 25.2 Å². The van der Waals surface area contributed by atoms with Gasteiger partial charge in [0.05, 0.1) is 6.61 Å². The van der Waals surface area contributed by atoms with Gasteiger partial charge in [0.15, 0.2) is 0 Å². The second kappa shape index (κ2) is 11.1. The number of rotatable bonds is 10. The Hall–Kier alpha value is -0.0500. The number of carbonyl (C=O) groups excluding carboxylic acids is 1. The molecule has 0 saturated carbocycles. The van der Waals surface area contributed by atoms with Crippen molar-refractivity contribution in [2.75, 3.05) is 6.61 Å². The summed E-state index contributed by atoms with van der Waals surface area (Å²) in [4.78, 5) is 12.0. The van der Waals surface area contributed by atoms with Crippen LogP contribution in [0.4, 0.5) is 0 Å². The molecular weight excluding hydrogens is 280 g/mol. The molecule has 0 radical (unpaired) electrons. The van der Waals surface area contributed by atoms with E-state index >= 15 is 0 Å². The van der Waals surface area contributed by atoms with Gasteiger partial charge in [-0.2, -0.15) is 0 Å². The quantitative estimate of drug-likeness (QED) is 0.432. The van der Waals surface area contributed by atoms with Crippen LogP contribution in [0.2, 0.25) is 0 Å². The highest BCUT2D eigenvalue weighted by Gasteiger charge is 2.10. The lowest BCUT2D eigenvalue weighted by Crippen LogP contribution is -2.13. The summed E-state index contributed by atoms with van der Waals surface area (Å²) in [5.41, 5.74) is 0. The molecule has 0 saturated heterocycles. The summed E-state index contributed by atoms with van der Waals surface area (Å²) >= 11 is 3.47. The van der Waals surface area contributed by atoms with Crippen molar-refractivity contribution in [2.24, 2.45) is 5.92 Å². The molecule has 0 N–H and O–H groups in total. The van der Waals surface area contributed by atoms with Gasteiger partial charge in [0.1, 0.15) is 0 Å². The molecule has 0 aliphatic carbocycles. The Balaban J connectivity index is 3.58. The monoisotopic (exact) mass is 306 g/mol. The normalized spacial score (nSPS) is 14.4. The molecule has 0 aliphatic rings. The molecule has 0 bridgehead atoms. The van der Waals surface area contributed by atoms with E-state index in [1.54, 1.807) is 0 Å². The van der Waals surface area contributed by atoms with Crippen LogP contribution >= 0.6 is 15.9 Å². The molecule has 0 aliphatic heterocycles. The first-order valence-electron chi connectivity index (χ1n) is 6.89. The minimum atomic E-state index is -0.0342. The lowest BCUT2D eigenvalue weighted by Gasteiger charge is -2.14. The highest BCUT2D eigenvalue weighted by molar-refractivity contribution is 9.09. The second-order valence-corrected chi connectivity index (χ2v) is 6.34. The third-order valence-electron chi connectivity index (χ3n) is 3.01. The Bertz CT molecular complexity index is 193. The summed E-state index contributed by atoms with van der Waals surface area (Å²) in [7, 11) is 0. The van der Waals surface area contributed by atoms with Crippen LogP contribution in [0.3, 0.4) is 0 Å². The molecule has 0 rings (SSSR count). The van der Waals surface area contributed by atoms with Gasteiger partial charge >= 0.3 is 5.97 Å². The predicted molar refractivity (Wildman–Crippen MR) is 76.5 cm³/mol. The van der Waals surface area contributed by atoms with Crippen molar-refractivity contribution in [3.05, 3.63) is 0 Å². The van der Waals surface area contributed by atoms with E-state index in [1.807, 2.05) is 0 Å². The minimum absolute atomic E-state index is 0.0342. The fourth-order valence-corrected chi connectivity index (χ4v) is 2.03. The third kappa shape index (κ3) is 10.8. The SMILES string of the molecule is CCCCC(CC)COC(=O)CCCC(C)Br. The van der Waals surface area contributed by atoms with Crippen molar-refractivity contribution in [3.63, 3.8) is 0 Å². The maximum absolute atomic E-state index is 11.5. The van der Waals surface area contributed by atoms with Gasteiger partial charge in [-0.3, -0.25) is 4.79 Å². The largest absolute Gasteiger partial charge is 0.465 e. The summed E-state index contributed by atoms with van der Waals surface area (Å²) in [6.45, 7) is 7.07. The first-order valence-corrected chi connectivity index (χ1v) is 7.81. The molecule has 0 fully saturated rings. The summed E-state index contributed by atoms with van der Waals surface area (Å²) in [5, 5.41) is 0. The third-order valence-corrected chi connectivity index (χ3v) is 3.46. The van der Waals surface area contributed by atoms with Crippen molar-refractivity contribution in [1.29, 1.82) is 0 Å². The molecule has 0 aromatic carbocycles. The Labute approximate surface area is 115 Å². The van der Waals surface area contributed by atoms with Gasteiger partial charge in [-0.15, -0.1) is 0 Å². The lowest BCUT2D eigenvalue weighted by molar-refractivity contribution is -0.145. The zero-order valence-electron chi connectivity index (χ0n) is 11.5. The van der Waals surface area contributed by atoms with E-state index in [0.29, 0.717) is 23.8 Å². The molecule has 0 aromatic rings. The topological polar surface area (TPSA) is 26.3 Å². The number of halogens is 1. The predicted octanol–water partition coefficient (Wildman–Crippen LogP) is 4.70. The standard InChI is InChI=1S/C14H27BrO2/c1-4-6-9-13(5-2)11-17-14(16)10-7-8-12(3)15/h12-13H,4-11H2,1-3H3. The number of carbonyl (C=O) groups is 1. The number of ether oxygens (including phenoxy) is 1. The highest BCUT2D eigenvalue weighted by Crippen LogP contribution is 2.14. The zero-order chi connectivity index (χ0) is 13.1. The average Bonchev–Trinajstić information content (AvgIpc) is 2.29. The van der Waals surface area contributed by atoms with Crippen LogP contribution in [0.1, 0.15) is 65.7 Å². The molecule has 102 valence electrons. The Morgan fingerprint density at radius 3 is 2.47 bits per heavy atom. The minimum Gasteiger partial charge on any atom is -0.465 e. The molecule has 0 aromatic heterocycles. The molecule has 0 amide bonds. The van der Waals surface area contributed by atoms with Crippen molar-refractivity contribution < 1.29 is 9.53 Å². The van der Waals surface area contributed by atoms with Crippen LogP contribution in [0.25, 0.3) is 0 Å². The molecule has 2 atom stereocenters. The second-order valence-electron chi connectivity index (χ2n) is 4.77. The van der Waals surface area contributed by atoms with Gasteiger partial charge < -0.3 is 4.74 Å². The number of unbranched alkanes of at least 4 members (excludes halogenated alkanes) is 1. The molecule has 0 spiro atoms. The van der Waals surface area contributed by atoms with Crippen molar-refractivity contribution in [3.8, 4) is 0 Å². The molecular formula is C14H27BrO2. The van der Waals surface area contributed by atoms with Gasteiger partial charge in [0.25, 0.3) is 0 Å². The van der Waals surface area contributed by atoms with Gasteiger partial charge in [-0.25, -0.2) is 0 Å². The Morgan fingerprint density at radius 1 is 1.24 bits per heavy atom. The summed E-state index contributed by atoms with van der Waals surface area (Å²) < 4.78 is 5.32. The summed E-state index contributed by atoms with van der Waals surface area (Å²) in [5.74, 6) is 0.516. The average molecular weight is 307 g/mol. The molecule has 2 nitrogen and oxygen atoms in total. The highest BCUT2D eigenvalue weighted by atomic mass is 79.9. The maximum Gasteiger partial charge on any atom is 0.305 e. The number of hydrogen-bond acceptors (Lipinski definition) is 2. The van der Waals surface area contributed by atoms with Gasteiger partial charge in [0.2, 0.25) is 0 Å². The van der Waals surface area contributed by atoms with E-state index in [9.17, 15) is 4.79 Å². The fourth-order valence-electron chi connectivity index (χ4n) is 1.71. The van der Waals surface area contributed by atoms with E-state index < -0.39 is 0 Å². The zero-order valence-corrected chi connectivity index (χ0v) is 13.1. The number of hydrogen-bond donors (Lipinski definition) is 0. The smallest absolute Gasteiger partial charge is 0.305 e. The molecule has 3 heteroatoms. The van der Waals surface area contributed by atoms with Crippen molar-refractivity contribution >= 4 is 21.9 Å². The van der Waals surface area contributed by atoms with E-state index in [2.05, 4.69) is 36.7 Å². The van der Waals surface area contributed by atoms with Crippen LogP contribution in [-0.4, -0.2) is 17.4 Å². The molecule has 0 heterocycles. The first-order chi connectivity index (χ1) is 8.10. The first kappa shape index (κ1) is 16.9. The van der Waals surface area contributed by atoms with Gasteiger partial charge in [-0.1, -0.05) is 56.0 Å². The van der Waals surface area contributed by atoms with E-state index in [4.69, 9.17) is 4.74 Å². The maximum atomic E-state index is 11.5. The fraction of sp³-hybridized carbons (Fsp3) is 0.929. The lowest BCUT2D eigenvalue weighted by atomic mass is 10.0. The molecule has 17 heavy (non-hydrogen) atoms.